The summed E-state index contributed by atoms with van der Waals surface area (Å²) in [5.74, 6) is 0.377. The fourth-order valence-corrected chi connectivity index (χ4v) is 4.53. The number of para-hydroxylation sites is 2. The first-order chi connectivity index (χ1) is 12.1. The number of hydrogen-bond donors (Lipinski definition) is 0. The van der Waals surface area contributed by atoms with Gasteiger partial charge in [-0.15, -0.1) is 0 Å². The number of halogens is 1. The molecule has 0 saturated heterocycles. The highest BCUT2D eigenvalue weighted by atomic mass is 35.5. The standard InChI is InChI=1S/C19H13ClN2O2S/c20-15-9-6-10-16(13-15)25(23,24)22-18-12-5-4-11-17(18)21-19(22)14-7-2-1-3-8-14/h1-13H. The van der Waals surface area contributed by atoms with E-state index in [4.69, 9.17) is 11.6 Å². The highest BCUT2D eigenvalue weighted by molar-refractivity contribution is 7.90. The third-order valence-electron chi connectivity index (χ3n) is 3.89. The monoisotopic (exact) mass is 368 g/mol. The minimum Gasteiger partial charge on any atom is -0.227 e. The van der Waals surface area contributed by atoms with Gasteiger partial charge in [-0.1, -0.05) is 60.1 Å². The lowest BCUT2D eigenvalue weighted by molar-refractivity contribution is 0.589. The van der Waals surface area contributed by atoms with E-state index in [2.05, 4.69) is 4.98 Å². The second-order valence-electron chi connectivity index (χ2n) is 5.52. The maximum atomic E-state index is 13.3. The van der Waals surface area contributed by atoms with Crippen LogP contribution in [0.1, 0.15) is 0 Å². The Hall–Kier alpha value is -2.63. The van der Waals surface area contributed by atoms with Crippen molar-refractivity contribution in [1.29, 1.82) is 0 Å². The molecule has 1 aromatic heterocycles. The Labute approximate surface area is 150 Å². The minimum atomic E-state index is -3.85. The molecule has 0 fully saturated rings. The first-order valence-electron chi connectivity index (χ1n) is 7.61. The third kappa shape index (κ3) is 2.71. The summed E-state index contributed by atoms with van der Waals surface area (Å²) in [5, 5.41) is 0.367. The number of fused-ring (bicyclic) bond motifs is 1. The summed E-state index contributed by atoms with van der Waals surface area (Å²) in [6, 6.07) is 22.7. The van der Waals surface area contributed by atoms with Crippen LogP contribution in [0.4, 0.5) is 0 Å². The summed E-state index contributed by atoms with van der Waals surface area (Å²) in [6.07, 6.45) is 0. The summed E-state index contributed by atoms with van der Waals surface area (Å²) in [6.45, 7) is 0. The van der Waals surface area contributed by atoms with E-state index in [0.29, 0.717) is 21.9 Å². The predicted octanol–water partition coefficient (Wildman–Crippen LogP) is 4.59. The van der Waals surface area contributed by atoms with Crippen LogP contribution in [0.5, 0.6) is 0 Å². The van der Waals surface area contributed by atoms with E-state index in [0.717, 1.165) is 5.56 Å². The van der Waals surface area contributed by atoms with Crippen LogP contribution in [0.3, 0.4) is 0 Å². The van der Waals surface area contributed by atoms with Crippen LogP contribution in [0, 0.1) is 0 Å². The van der Waals surface area contributed by atoms with Gasteiger partial charge in [0.05, 0.1) is 15.9 Å². The summed E-state index contributed by atoms with van der Waals surface area (Å²) in [4.78, 5) is 4.67. The first kappa shape index (κ1) is 15.9. The van der Waals surface area contributed by atoms with E-state index in [9.17, 15) is 8.42 Å². The lowest BCUT2D eigenvalue weighted by Crippen LogP contribution is -2.14. The molecule has 124 valence electrons. The van der Waals surface area contributed by atoms with Crippen molar-refractivity contribution in [3.63, 3.8) is 0 Å². The molecular weight excluding hydrogens is 356 g/mol. The van der Waals surface area contributed by atoms with Crippen LogP contribution in [-0.4, -0.2) is 17.4 Å². The van der Waals surface area contributed by atoms with Gasteiger partial charge >= 0.3 is 0 Å². The average Bonchev–Trinajstić information content (AvgIpc) is 3.03. The van der Waals surface area contributed by atoms with Crippen LogP contribution in [0.15, 0.2) is 83.8 Å². The van der Waals surface area contributed by atoms with Crippen LogP contribution < -0.4 is 0 Å². The van der Waals surface area contributed by atoms with Crippen molar-refractivity contribution >= 4 is 32.7 Å². The van der Waals surface area contributed by atoms with Gasteiger partial charge < -0.3 is 0 Å². The Morgan fingerprint density at radius 3 is 2.32 bits per heavy atom. The van der Waals surface area contributed by atoms with Gasteiger partial charge in [0.2, 0.25) is 0 Å². The smallest absolute Gasteiger partial charge is 0.227 e. The molecule has 0 bridgehead atoms. The molecule has 0 atom stereocenters. The average molecular weight is 369 g/mol. The molecule has 4 nitrogen and oxygen atoms in total. The van der Waals surface area contributed by atoms with Crippen molar-refractivity contribution in [2.24, 2.45) is 0 Å². The zero-order valence-electron chi connectivity index (χ0n) is 13.0. The third-order valence-corrected chi connectivity index (χ3v) is 5.82. The van der Waals surface area contributed by atoms with Gasteiger partial charge in [-0.2, -0.15) is 0 Å². The van der Waals surface area contributed by atoms with E-state index in [-0.39, 0.29) is 4.90 Å². The van der Waals surface area contributed by atoms with E-state index < -0.39 is 10.0 Å². The molecule has 6 heteroatoms. The Balaban J connectivity index is 2.07. The Kier molecular flexibility index (Phi) is 3.82. The second-order valence-corrected chi connectivity index (χ2v) is 7.74. The van der Waals surface area contributed by atoms with E-state index in [1.807, 2.05) is 36.4 Å². The molecule has 0 amide bonds. The van der Waals surface area contributed by atoms with Crippen LogP contribution >= 0.6 is 11.6 Å². The van der Waals surface area contributed by atoms with Gasteiger partial charge in [0, 0.05) is 10.6 Å². The van der Waals surface area contributed by atoms with Gasteiger partial charge in [-0.3, -0.25) is 0 Å². The quantitative estimate of drug-likeness (QED) is 0.531. The minimum absolute atomic E-state index is 0.125. The molecule has 0 unspecified atom stereocenters. The zero-order chi connectivity index (χ0) is 17.4. The first-order valence-corrected chi connectivity index (χ1v) is 9.43. The second kappa shape index (κ2) is 6.02. The molecule has 3 aromatic carbocycles. The van der Waals surface area contributed by atoms with Gasteiger partial charge in [-0.05, 0) is 30.3 Å². The summed E-state index contributed by atoms with van der Waals surface area (Å²) < 4.78 is 27.9. The summed E-state index contributed by atoms with van der Waals surface area (Å²) >= 11 is 6.00. The molecule has 0 aliphatic carbocycles. The maximum Gasteiger partial charge on any atom is 0.270 e. The zero-order valence-corrected chi connectivity index (χ0v) is 14.6. The van der Waals surface area contributed by atoms with Crippen molar-refractivity contribution in [2.75, 3.05) is 0 Å². The molecule has 0 aliphatic rings. The van der Waals surface area contributed by atoms with Crippen LogP contribution in [-0.2, 0) is 10.0 Å². The lowest BCUT2D eigenvalue weighted by Gasteiger charge is -2.11. The van der Waals surface area contributed by atoms with Crippen molar-refractivity contribution in [1.82, 2.24) is 8.96 Å². The number of rotatable bonds is 3. The molecule has 4 rings (SSSR count). The lowest BCUT2D eigenvalue weighted by atomic mass is 10.2. The van der Waals surface area contributed by atoms with Crippen molar-refractivity contribution < 1.29 is 8.42 Å². The molecule has 1 heterocycles. The molecule has 0 saturated carbocycles. The van der Waals surface area contributed by atoms with Gasteiger partial charge in [0.25, 0.3) is 10.0 Å². The molecule has 0 N–H and O–H groups in total. The normalized spacial score (nSPS) is 11.7. The molecule has 0 aliphatic heterocycles. The molecule has 25 heavy (non-hydrogen) atoms. The van der Waals surface area contributed by atoms with Gasteiger partial charge in [0.1, 0.15) is 0 Å². The Morgan fingerprint density at radius 2 is 1.56 bits per heavy atom. The van der Waals surface area contributed by atoms with Gasteiger partial charge in [0.15, 0.2) is 5.82 Å². The maximum absolute atomic E-state index is 13.3. The fourth-order valence-electron chi connectivity index (χ4n) is 2.75. The molecule has 4 aromatic rings. The highest BCUT2D eigenvalue weighted by Gasteiger charge is 2.25. The number of nitrogens with zero attached hydrogens (tertiary/aromatic N) is 2. The van der Waals surface area contributed by atoms with Crippen molar-refractivity contribution in [2.45, 2.75) is 4.90 Å². The number of hydrogen-bond acceptors (Lipinski definition) is 3. The number of imidazole rings is 1. The predicted molar refractivity (Wildman–Crippen MR) is 99.2 cm³/mol. The van der Waals surface area contributed by atoms with Crippen molar-refractivity contribution in [3.05, 3.63) is 83.9 Å². The van der Waals surface area contributed by atoms with Crippen molar-refractivity contribution in [3.8, 4) is 11.4 Å². The summed E-state index contributed by atoms with van der Waals surface area (Å²) in [7, 11) is -3.85. The van der Waals surface area contributed by atoms with E-state index in [1.165, 1.54) is 16.1 Å². The molecule has 0 spiro atoms. The number of aromatic nitrogens is 2. The van der Waals surface area contributed by atoms with Crippen LogP contribution in [0.25, 0.3) is 22.4 Å². The topological polar surface area (TPSA) is 52.0 Å². The Bertz CT molecular complexity index is 1170. The van der Waals surface area contributed by atoms with Crippen LogP contribution in [0.2, 0.25) is 5.02 Å². The fraction of sp³-hybridized carbons (Fsp3) is 0. The molecule has 0 radical (unpaired) electrons. The van der Waals surface area contributed by atoms with E-state index in [1.54, 1.807) is 30.3 Å². The SMILES string of the molecule is O=S(=O)(c1cccc(Cl)c1)n1c(-c2ccccc2)nc2ccccc21. The number of benzene rings is 3. The highest BCUT2D eigenvalue weighted by Crippen LogP contribution is 2.30. The van der Waals surface area contributed by atoms with E-state index >= 15 is 0 Å². The molecular formula is C19H13ClN2O2S. The van der Waals surface area contributed by atoms with Gasteiger partial charge in [-0.25, -0.2) is 17.4 Å². The Morgan fingerprint density at radius 1 is 0.840 bits per heavy atom. The summed E-state index contributed by atoms with van der Waals surface area (Å²) in [5.41, 5.74) is 1.87. The largest absolute Gasteiger partial charge is 0.270 e.